The molecule has 0 amide bonds. The third-order valence-corrected chi connectivity index (χ3v) is 5.18. The van der Waals surface area contributed by atoms with E-state index in [2.05, 4.69) is 31.0 Å². The first-order valence-electron chi connectivity index (χ1n) is 8.93. The Hall–Kier alpha value is -1.48. The molecule has 1 fully saturated rings. The van der Waals surface area contributed by atoms with E-state index >= 15 is 0 Å². The van der Waals surface area contributed by atoms with Gasteiger partial charge in [-0.15, -0.1) is 0 Å². The predicted molar refractivity (Wildman–Crippen MR) is 104 cm³/mol. The van der Waals surface area contributed by atoms with Crippen molar-refractivity contribution in [2.45, 2.75) is 63.4 Å². The van der Waals surface area contributed by atoms with Crippen molar-refractivity contribution in [1.82, 2.24) is 9.55 Å². The zero-order valence-corrected chi connectivity index (χ0v) is 16.7. The van der Waals surface area contributed by atoms with Crippen LogP contribution >= 0.6 is 11.8 Å². The fourth-order valence-corrected chi connectivity index (χ4v) is 3.71. The Bertz CT molecular complexity index is 745. The largest absolute Gasteiger partial charge is 0.394 e. The summed E-state index contributed by atoms with van der Waals surface area (Å²) >= 11 is 1.30. The summed E-state index contributed by atoms with van der Waals surface area (Å²) in [6.45, 7) is 5.69. The highest BCUT2D eigenvalue weighted by Crippen LogP contribution is 2.33. The van der Waals surface area contributed by atoms with Crippen molar-refractivity contribution in [3.8, 4) is 0 Å². The molecular weight excluding hydrogens is 371 g/mol. The Labute approximate surface area is 162 Å². The quantitative estimate of drug-likeness (QED) is 0.398. The summed E-state index contributed by atoms with van der Waals surface area (Å²) in [5.74, 6) is 0.576. The highest BCUT2D eigenvalue weighted by atomic mass is 32.2. The number of rotatable bonds is 8. The van der Waals surface area contributed by atoms with E-state index in [1.54, 1.807) is 0 Å². The molecule has 2 rings (SSSR count). The summed E-state index contributed by atoms with van der Waals surface area (Å²) in [6.07, 6.45) is 2.31. The molecule has 0 spiro atoms. The number of hydrogen-bond donors (Lipinski definition) is 2. The Kier molecular flexibility index (Phi) is 8.22. The molecule has 4 atom stereocenters. The van der Waals surface area contributed by atoms with Crippen LogP contribution in [-0.2, 0) is 4.74 Å². The van der Waals surface area contributed by atoms with Gasteiger partial charge in [0.1, 0.15) is 12.2 Å². The van der Waals surface area contributed by atoms with Gasteiger partial charge in [0.25, 0.3) is 5.56 Å². The van der Waals surface area contributed by atoms with Crippen molar-refractivity contribution in [3.05, 3.63) is 45.9 Å². The van der Waals surface area contributed by atoms with Crippen LogP contribution in [0.2, 0.25) is 0 Å². The van der Waals surface area contributed by atoms with Gasteiger partial charge in [0.15, 0.2) is 17.6 Å². The molecule has 0 aromatic carbocycles. The minimum atomic E-state index is -1.72. The molecule has 0 bridgehead atoms. The molecule has 6 nitrogen and oxygen atoms in total. The molecule has 0 saturated carbocycles. The average molecular weight is 399 g/mol. The maximum atomic E-state index is 14.4. The van der Waals surface area contributed by atoms with Crippen LogP contribution < -0.4 is 5.56 Å². The molecule has 1 unspecified atom stereocenters. The number of alkyl halides is 1. The van der Waals surface area contributed by atoms with Crippen LogP contribution in [0.3, 0.4) is 0 Å². The maximum Gasteiger partial charge on any atom is 0.273 e. The van der Waals surface area contributed by atoms with E-state index in [4.69, 9.17) is 4.74 Å². The lowest BCUT2D eigenvalue weighted by molar-refractivity contribution is -0.0513. The topological polar surface area (TPSA) is 84.6 Å². The van der Waals surface area contributed by atoms with Gasteiger partial charge >= 0.3 is 0 Å². The van der Waals surface area contributed by atoms with Gasteiger partial charge in [-0.25, -0.2) is 4.39 Å². The van der Waals surface area contributed by atoms with Crippen LogP contribution in [0.15, 0.2) is 45.5 Å². The summed E-state index contributed by atoms with van der Waals surface area (Å²) in [5, 5.41) is 19.3. The summed E-state index contributed by atoms with van der Waals surface area (Å²) < 4.78 is 21.2. The number of thioether (sulfide) groups is 1. The van der Waals surface area contributed by atoms with E-state index in [1.807, 2.05) is 6.92 Å². The van der Waals surface area contributed by atoms with Crippen molar-refractivity contribution in [2.75, 3.05) is 12.4 Å². The van der Waals surface area contributed by atoms with Crippen molar-refractivity contribution < 1.29 is 19.3 Å². The Morgan fingerprint density at radius 2 is 2.15 bits per heavy atom. The minimum absolute atomic E-state index is 0.314. The second-order valence-corrected chi connectivity index (χ2v) is 7.81. The van der Waals surface area contributed by atoms with Gasteiger partial charge in [-0.05, 0) is 33.6 Å². The van der Waals surface area contributed by atoms with Crippen LogP contribution in [0.25, 0.3) is 0 Å². The molecule has 1 aromatic heterocycles. The SMILES string of the molecule is CC(C)=CCC/C(C)=C/CSc1nc(=O)ccn1[C@@H]1O[C@H](CO)C(O)[C@@H]1F. The lowest BCUT2D eigenvalue weighted by Crippen LogP contribution is -2.30. The highest BCUT2D eigenvalue weighted by molar-refractivity contribution is 7.99. The van der Waals surface area contributed by atoms with Crippen LogP contribution in [0.4, 0.5) is 4.39 Å². The van der Waals surface area contributed by atoms with Crippen molar-refractivity contribution >= 4 is 11.8 Å². The van der Waals surface area contributed by atoms with Gasteiger partial charge in [0.2, 0.25) is 0 Å². The first kappa shape index (κ1) is 21.8. The number of aliphatic hydroxyl groups is 2. The third-order valence-electron chi connectivity index (χ3n) is 4.29. The Balaban J connectivity index is 2.08. The third kappa shape index (κ3) is 6.00. The molecule has 1 saturated heterocycles. The number of ether oxygens (including phenoxy) is 1. The van der Waals surface area contributed by atoms with Crippen LogP contribution in [-0.4, -0.2) is 50.5 Å². The number of halogens is 1. The molecule has 27 heavy (non-hydrogen) atoms. The monoisotopic (exact) mass is 398 g/mol. The van der Waals surface area contributed by atoms with E-state index < -0.39 is 36.8 Å². The first-order chi connectivity index (χ1) is 12.8. The average Bonchev–Trinajstić information content (AvgIpc) is 2.90. The van der Waals surface area contributed by atoms with Crippen LogP contribution in [0.1, 0.15) is 39.8 Å². The standard InChI is InChI=1S/C19H27FN2O4S/c1-12(2)5-4-6-13(3)8-10-27-19-21-15(24)7-9-22(19)18-16(20)17(25)14(11-23)26-18/h5,7-9,14,16-18,23,25H,4,6,10-11H2,1-3H3/b13-8+/t14-,16+,17?,18-/m1/s1. The second kappa shape index (κ2) is 10.2. The Morgan fingerprint density at radius 1 is 1.41 bits per heavy atom. The normalized spacial score (nSPS) is 25.6. The number of nitrogens with zero attached hydrogens (tertiary/aromatic N) is 2. The summed E-state index contributed by atoms with van der Waals surface area (Å²) in [7, 11) is 0. The maximum absolute atomic E-state index is 14.4. The number of aromatic nitrogens is 2. The van der Waals surface area contributed by atoms with E-state index in [0.29, 0.717) is 10.9 Å². The molecule has 1 aliphatic rings. The lowest BCUT2D eigenvalue weighted by Gasteiger charge is -2.19. The van der Waals surface area contributed by atoms with E-state index in [-0.39, 0.29) is 0 Å². The van der Waals surface area contributed by atoms with Gasteiger partial charge in [-0.3, -0.25) is 9.36 Å². The van der Waals surface area contributed by atoms with E-state index in [1.165, 1.54) is 39.7 Å². The summed E-state index contributed by atoms with van der Waals surface area (Å²) in [6, 6.07) is 1.22. The lowest BCUT2D eigenvalue weighted by atomic mass is 10.1. The van der Waals surface area contributed by atoms with Crippen molar-refractivity contribution in [3.63, 3.8) is 0 Å². The van der Waals surface area contributed by atoms with Gasteiger partial charge in [0.05, 0.1) is 6.61 Å². The zero-order valence-electron chi connectivity index (χ0n) is 15.8. The van der Waals surface area contributed by atoms with Crippen molar-refractivity contribution in [1.29, 1.82) is 0 Å². The van der Waals surface area contributed by atoms with E-state index in [9.17, 15) is 19.4 Å². The number of aliphatic hydroxyl groups excluding tert-OH is 2. The van der Waals surface area contributed by atoms with Gasteiger partial charge in [-0.1, -0.05) is 35.1 Å². The predicted octanol–water partition coefficient (Wildman–Crippen LogP) is 2.62. The number of allylic oxidation sites excluding steroid dienone is 3. The van der Waals surface area contributed by atoms with Gasteiger partial charge < -0.3 is 14.9 Å². The van der Waals surface area contributed by atoms with Gasteiger partial charge in [0, 0.05) is 18.0 Å². The summed E-state index contributed by atoms with van der Waals surface area (Å²) in [4.78, 5) is 15.6. The van der Waals surface area contributed by atoms with E-state index in [0.717, 1.165) is 12.8 Å². The number of hydrogen-bond acceptors (Lipinski definition) is 6. The van der Waals surface area contributed by atoms with Gasteiger partial charge in [-0.2, -0.15) is 4.98 Å². The molecular formula is C19H27FN2O4S. The molecule has 0 radical (unpaired) electrons. The molecule has 1 aromatic rings. The molecule has 0 aliphatic carbocycles. The second-order valence-electron chi connectivity index (χ2n) is 6.82. The summed E-state index contributed by atoms with van der Waals surface area (Å²) in [5.41, 5.74) is 2.09. The fourth-order valence-electron chi connectivity index (χ4n) is 2.73. The molecule has 1 aliphatic heterocycles. The van der Waals surface area contributed by atoms with Crippen molar-refractivity contribution in [2.24, 2.45) is 0 Å². The molecule has 8 heteroatoms. The zero-order chi connectivity index (χ0) is 20.0. The molecule has 2 heterocycles. The fraction of sp³-hybridized carbons (Fsp3) is 0.579. The first-order valence-corrected chi connectivity index (χ1v) is 9.91. The van der Waals surface area contributed by atoms with Crippen LogP contribution in [0, 0.1) is 0 Å². The molecule has 2 N–H and O–H groups in total. The minimum Gasteiger partial charge on any atom is -0.394 e. The smallest absolute Gasteiger partial charge is 0.273 e. The van der Waals surface area contributed by atoms with Crippen LogP contribution in [0.5, 0.6) is 0 Å². The molecule has 150 valence electrons. The highest BCUT2D eigenvalue weighted by Gasteiger charge is 2.45. The Morgan fingerprint density at radius 3 is 2.78 bits per heavy atom.